The van der Waals surface area contributed by atoms with E-state index in [4.69, 9.17) is 0 Å². The van der Waals surface area contributed by atoms with Crippen LogP contribution in [0.3, 0.4) is 0 Å². The first-order valence-corrected chi connectivity index (χ1v) is 3.91. The summed E-state index contributed by atoms with van der Waals surface area (Å²) >= 11 is 0. The van der Waals surface area contributed by atoms with E-state index in [0.29, 0.717) is 5.41 Å². The molecule has 3 aliphatic rings. The summed E-state index contributed by atoms with van der Waals surface area (Å²) in [6, 6.07) is 0. The normalized spacial score (nSPS) is 47.8. The van der Waals surface area contributed by atoms with Crippen molar-refractivity contribution in [2.75, 3.05) is 0 Å². The number of hydrogen-bond acceptors (Lipinski definition) is 0. The molecule has 0 saturated heterocycles. The van der Waals surface area contributed by atoms with Crippen LogP contribution in [0.4, 0.5) is 0 Å². The van der Waals surface area contributed by atoms with E-state index in [1.807, 2.05) is 0 Å². The van der Waals surface area contributed by atoms with Crippen molar-refractivity contribution in [1.29, 1.82) is 0 Å². The highest BCUT2D eigenvalue weighted by molar-refractivity contribution is 5.27. The SMILES string of the molecule is CC1CCC2=CC1(C)C2. The van der Waals surface area contributed by atoms with Crippen LogP contribution in [0, 0.1) is 11.3 Å². The second-order valence-electron chi connectivity index (χ2n) is 3.92. The first kappa shape index (κ1) is 5.52. The van der Waals surface area contributed by atoms with Crippen LogP contribution < -0.4 is 0 Å². The van der Waals surface area contributed by atoms with Gasteiger partial charge in [0.25, 0.3) is 0 Å². The molecule has 9 heavy (non-hydrogen) atoms. The summed E-state index contributed by atoms with van der Waals surface area (Å²) in [5.41, 5.74) is 2.34. The maximum atomic E-state index is 2.49. The number of fused-ring (bicyclic) bond motifs is 2. The van der Waals surface area contributed by atoms with Gasteiger partial charge in [0.2, 0.25) is 0 Å². The van der Waals surface area contributed by atoms with E-state index in [2.05, 4.69) is 19.9 Å². The lowest BCUT2D eigenvalue weighted by molar-refractivity contribution is 0.186. The molecule has 0 spiro atoms. The highest BCUT2D eigenvalue weighted by Gasteiger charge is 2.40. The zero-order chi connectivity index (χ0) is 6.48. The summed E-state index contributed by atoms with van der Waals surface area (Å²) < 4.78 is 0. The van der Waals surface area contributed by atoms with Crippen LogP contribution in [0.25, 0.3) is 0 Å². The molecule has 3 aliphatic carbocycles. The van der Waals surface area contributed by atoms with Crippen molar-refractivity contribution >= 4 is 0 Å². The molecule has 2 unspecified atom stereocenters. The van der Waals surface area contributed by atoms with Crippen molar-refractivity contribution in [3.8, 4) is 0 Å². The molecule has 3 rings (SSSR count). The number of allylic oxidation sites excluding steroid dienone is 2. The van der Waals surface area contributed by atoms with Crippen LogP contribution >= 0.6 is 0 Å². The molecule has 0 aromatic carbocycles. The fourth-order valence-electron chi connectivity index (χ4n) is 2.14. The molecule has 1 saturated carbocycles. The van der Waals surface area contributed by atoms with Crippen molar-refractivity contribution in [2.45, 2.75) is 33.1 Å². The molecule has 50 valence electrons. The smallest absolute Gasteiger partial charge is 0.00810 e. The van der Waals surface area contributed by atoms with Crippen LogP contribution in [-0.4, -0.2) is 0 Å². The average Bonchev–Trinajstić information content (AvgIpc) is 1.73. The number of hydrogen-bond donors (Lipinski definition) is 0. The zero-order valence-corrected chi connectivity index (χ0v) is 6.28. The minimum absolute atomic E-state index is 0.619. The largest absolute Gasteiger partial charge is 0.0788 e. The molecule has 0 aromatic rings. The second kappa shape index (κ2) is 1.42. The maximum absolute atomic E-state index is 2.49. The molecule has 0 N–H and O–H groups in total. The highest BCUT2D eigenvalue weighted by Crippen LogP contribution is 2.52. The molecule has 0 heteroatoms. The molecule has 2 bridgehead atoms. The van der Waals surface area contributed by atoms with Gasteiger partial charge in [-0.2, -0.15) is 0 Å². The van der Waals surface area contributed by atoms with Gasteiger partial charge in [-0.1, -0.05) is 25.5 Å². The maximum Gasteiger partial charge on any atom is -0.00810 e. The van der Waals surface area contributed by atoms with Crippen molar-refractivity contribution < 1.29 is 0 Å². The van der Waals surface area contributed by atoms with Crippen LogP contribution in [0.5, 0.6) is 0 Å². The summed E-state index contributed by atoms with van der Waals surface area (Å²) in [6.07, 6.45) is 6.70. The predicted octanol–water partition coefficient (Wildman–Crippen LogP) is 2.75. The van der Waals surface area contributed by atoms with Crippen LogP contribution in [-0.2, 0) is 0 Å². The Bertz CT molecular complexity index is 167. The summed E-state index contributed by atoms with van der Waals surface area (Å²) in [4.78, 5) is 0. The van der Waals surface area contributed by atoms with Crippen LogP contribution in [0.1, 0.15) is 33.1 Å². The Morgan fingerprint density at radius 2 is 2.33 bits per heavy atom. The van der Waals surface area contributed by atoms with E-state index in [1.165, 1.54) is 19.3 Å². The molecule has 0 amide bonds. The molecule has 0 nitrogen and oxygen atoms in total. The third-order valence-electron chi connectivity index (χ3n) is 3.17. The van der Waals surface area contributed by atoms with E-state index >= 15 is 0 Å². The summed E-state index contributed by atoms with van der Waals surface area (Å²) in [6.45, 7) is 4.77. The van der Waals surface area contributed by atoms with Gasteiger partial charge in [0.15, 0.2) is 0 Å². The van der Waals surface area contributed by atoms with E-state index in [9.17, 15) is 0 Å². The summed E-state index contributed by atoms with van der Waals surface area (Å²) in [7, 11) is 0. The van der Waals surface area contributed by atoms with Crippen LogP contribution in [0.15, 0.2) is 11.6 Å². The predicted molar refractivity (Wildman–Crippen MR) is 39.2 cm³/mol. The third-order valence-corrected chi connectivity index (χ3v) is 3.17. The van der Waals surface area contributed by atoms with Gasteiger partial charge in [0.1, 0.15) is 0 Å². The Morgan fingerprint density at radius 1 is 1.67 bits per heavy atom. The lowest BCUT2D eigenvalue weighted by Gasteiger charge is -2.47. The monoisotopic (exact) mass is 122 g/mol. The van der Waals surface area contributed by atoms with Gasteiger partial charge in [-0.25, -0.2) is 0 Å². The molecule has 0 radical (unpaired) electrons. The lowest BCUT2D eigenvalue weighted by Crippen LogP contribution is -2.35. The fraction of sp³-hybridized carbons (Fsp3) is 0.778. The minimum Gasteiger partial charge on any atom is -0.0788 e. The molecular weight excluding hydrogens is 108 g/mol. The first-order chi connectivity index (χ1) is 4.21. The second-order valence-corrected chi connectivity index (χ2v) is 3.92. The Balaban J connectivity index is 2.28. The summed E-state index contributed by atoms with van der Waals surface area (Å²) in [5.74, 6) is 0.940. The van der Waals surface area contributed by atoms with Crippen molar-refractivity contribution in [3.63, 3.8) is 0 Å². The first-order valence-electron chi connectivity index (χ1n) is 3.91. The van der Waals surface area contributed by atoms with Crippen molar-refractivity contribution in [2.24, 2.45) is 11.3 Å². The minimum atomic E-state index is 0.619. The van der Waals surface area contributed by atoms with Gasteiger partial charge in [0.05, 0.1) is 0 Å². The third kappa shape index (κ3) is 0.593. The van der Waals surface area contributed by atoms with Gasteiger partial charge < -0.3 is 0 Å². The van der Waals surface area contributed by atoms with Crippen molar-refractivity contribution in [1.82, 2.24) is 0 Å². The van der Waals surface area contributed by atoms with E-state index in [1.54, 1.807) is 5.57 Å². The average molecular weight is 122 g/mol. The summed E-state index contributed by atoms with van der Waals surface area (Å²) in [5, 5.41) is 0. The van der Waals surface area contributed by atoms with E-state index in [-0.39, 0.29) is 0 Å². The highest BCUT2D eigenvalue weighted by atomic mass is 14.4. The van der Waals surface area contributed by atoms with Crippen molar-refractivity contribution in [3.05, 3.63) is 11.6 Å². The quantitative estimate of drug-likeness (QED) is 0.433. The lowest BCUT2D eigenvalue weighted by atomic mass is 9.58. The zero-order valence-electron chi connectivity index (χ0n) is 6.28. The molecular formula is C9H14. The molecule has 0 heterocycles. The Labute approximate surface area is 57.0 Å². The number of rotatable bonds is 0. The standard InChI is InChI=1S/C9H14/c1-7-3-4-8-5-9(7,2)6-8/h5,7H,3-4,6H2,1-2H3. The van der Waals surface area contributed by atoms with Gasteiger partial charge in [-0.05, 0) is 30.6 Å². The topological polar surface area (TPSA) is 0 Å². The van der Waals surface area contributed by atoms with E-state index in [0.717, 1.165) is 5.92 Å². The Hall–Kier alpha value is -0.260. The molecule has 2 atom stereocenters. The van der Waals surface area contributed by atoms with Gasteiger partial charge in [0, 0.05) is 0 Å². The fourth-order valence-corrected chi connectivity index (χ4v) is 2.14. The molecule has 1 fully saturated rings. The Morgan fingerprint density at radius 3 is 2.67 bits per heavy atom. The van der Waals surface area contributed by atoms with Crippen LogP contribution in [0.2, 0.25) is 0 Å². The molecule has 0 aromatic heterocycles. The van der Waals surface area contributed by atoms with Gasteiger partial charge in [-0.3, -0.25) is 0 Å². The molecule has 0 aliphatic heterocycles. The van der Waals surface area contributed by atoms with Gasteiger partial charge >= 0.3 is 0 Å². The van der Waals surface area contributed by atoms with E-state index < -0.39 is 0 Å². The van der Waals surface area contributed by atoms with Gasteiger partial charge in [-0.15, -0.1) is 0 Å². The Kier molecular flexibility index (Phi) is 0.870.